The van der Waals surface area contributed by atoms with Gasteiger partial charge in [-0.1, -0.05) is 18.2 Å². The summed E-state index contributed by atoms with van der Waals surface area (Å²) in [6, 6.07) is 14.9. The van der Waals surface area contributed by atoms with Crippen LogP contribution in [0.4, 0.5) is 4.39 Å². The number of benzene rings is 2. The molecule has 2 aromatic carbocycles. The molecular formula is C21H23FN6O. The maximum atomic E-state index is 13.1. The van der Waals surface area contributed by atoms with Gasteiger partial charge in [-0.3, -0.25) is 10.1 Å². The summed E-state index contributed by atoms with van der Waals surface area (Å²) in [5, 5.41) is 14.9. The predicted octanol–water partition coefficient (Wildman–Crippen LogP) is 2.35. The quantitative estimate of drug-likeness (QED) is 0.471. The molecule has 29 heavy (non-hydrogen) atoms. The summed E-state index contributed by atoms with van der Waals surface area (Å²) in [5.74, 6) is -0.290. The monoisotopic (exact) mass is 394 g/mol. The van der Waals surface area contributed by atoms with Gasteiger partial charge in [0.2, 0.25) is 0 Å². The molecule has 4 N–H and O–H groups in total. The van der Waals surface area contributed by atoms with Crippen LogP contribution in [0.1, 0.15) is 47.8 Å². The maximum absolute atomic E-state index is 13.1. The molecule has 0 saturated carbocycles. The normalized spacial score (nSPS) is 19.1. The average molecular weight is 394 g/mol. The highest BCUT2D eigenvalue weighted by atomic mass is 19.1. The van der Waals surface area contributed by atoms with E-state index in [9.17, 15) is 9.18 Å². The molecule has 8 heteroatoms. The molecule has 3 rings (SSSR count). The second-order valence-corrected chi connectivity index (χ2v) is 7.07. The van der Waals surface area contributed by atoms with Crippen LogP contribution >= 0.6 is 0 Å². The number of hydrogen-bond acceptors (Lipinski definition) is 5. The van der Waals surface area contributed by atoms with Gasteiger partial charge in [-0.15, -0.1) is 0 Å². The summed E-state index contributed by atoms with van der Waals surface area (Å²) >= 11 is 0. The van der Waals surface area contributed by atoms with E-state index < -0.39 is 0 Å². The van der Waals surface area contributed by atoms with E-state index in [1.54, 1.807) is 30.3 Å². The Balaban J connectivity index is 1.71. The molecule has 0 radical (unpaired) electrons. The first-order valence-corrected chi connectivity index (χ1v) is 9.37. The van der Waals surface area contributed by atoms with Crippen molar-refractivity contribution >= 4 is 11.9 Å². The molecule has 1 saturated heterocycles. The smallest absolute Gasteiger partial charge is 0.257 e. The molecule has 0 bridgehead atoms. The van der Waals surface area contributed by atoms with Crippen molar-refractivity contribution in [3.05, 3.63) is 71.0 Å². The van der Waals surface area contributed by atoms with E-state index in [-0.39, 0.29) is 30.0 Å². The standard InChI is InChI=1S/C21H23FN6O/c1-13(2)24-21(26-20(29)16-5-3-4-14(10-16)12-23)25-19-11-18(27-28-19)15-6-8-17(22)9-7-15/h3-10,13,18-19,27-28H,11H2,1-2H3,(H2,24,25,26,29). The molecule has 0 spiro atoms. The summed E-state index contributed by atoms with van der Waals surface area (Å²) in [4.78, 5) is 17.2. The average Bonchev–Trinajstić information content (AvgIpc) is 3.16. The number of hydrazine groups is 1. The van der Waals surface area contributed by atoms with Crippen LogP contribution in [0.5, 0.6) is 0 Å². The Morgan fingerprint density at radius 3 is 2.69 bits per heavy atom. The molecule has 2 unspecified atom stereocenters. The Labute approximate surface area is 169 Å². The summed E-state index contributed by atoms with van der Waals surface area (Å²) in [6.45, 7) is 3.89. The predicted molar refractivity (Wildman–Crippen MR) is 108 cm³/mol. The van der Waals surface area contributed by atoms with E-state index >= 15 is 0 Å². The van der Waals surface area contributed by atoms with Crippen molar-refractivity contribution in [1.82, 2.24) is 21.5 Å². The summed E-state index contributed by atoms with van der Waals surface area (Å²) in [6.07, 6.45) is 0.353. The minimum atomic E-state index is -0.352. The minimum Gasteiger partial charge on any atom is -0.354 e. The van der Waals surface area contributed by atoms with Gasteiger partial charge in [0.05, 0.1) is 11.6 Å². The van der Waals surface area contributed by atoms with Crippen molar-refractivity contribution in [1.29, 1.82) is 5.26 Å². The second kappa shape index (κ2) is 9.28. The number of guanidine groups is 1. The third-order valence-electron chi connectivity index (χ3n) is 4.35. The van der Waals surface area contributed by atoms with E-state index in [0.29, 0.717) is 23.5 Å². The Morgan fingerprint density at radius 2 is 2.00 bits per heavy atom. The molecule has 1 heterocycles. The molecule has 0 aliphatic carbocycles. The van der Waals surface area contributed by atoms with Gasteiger partial charge in [-0.05, 0) is 49.7 Å². The Kier molecular flexibility index (Phi) is 6.54. The third kappa shape index (κ3) is 5.60. The number of carbonyl (C=O) groups is 1. The topological polar surface area (TPSA) is 101 Å². The molecule has 1 aliphatic rings. The Hall–Kier alpha value is -3.28. The van der Waals surface area contributed by atoms with E-state index in [1.165, 1.54) is 18.2 Å². The van der Waals surface area contributed by atoms with Crippen molar-refractivity contribution in [3.63, 3.8) is 0 Å². The van der Waals surface area contributed by atoms with E-state index in [2.05, 4.69) is 26.5 Å². The van der Waals surface area contributed by atoms with Gasteiger partial charge in [-0.2, -0.15) is 5.26 Å². The fourth-order valence-corrected chi connectivity index (χ4v) is 2.98. The van der Waals surface area contributed by atoms with Crippen molar-refractivity contribution < 1.29 is 9.18 Å². The number of carbonyl (C=O) groups excluding carboxylic acids is 1. The molecule has 1 amide bonds. The highest BCUT2D eigenvalue weighted by molar-refractivity contribution is 6.05. The van der Waals surface area contributed by atoms with Crippen LogP contribution in [0.2, 0.25) is 0 Å². The lowest BCUT2D eigenvalue weighted by atomic mass is 10.0. The van der Waals surface area contributed by atoms with Crippen LogP contribution in [0.25, 0.3) is 0 Å². The number of halogens is 1. The summed E-state index contributed by atoms with van der Waals surface area (Å²) in [5.41, 5.74) is 7.98. The van der Waals surface area contributed by atoms with Crippen LogP contribution in [0.15, 0.2) is 53.5 Å². The van der Waals surface area contributed by atoms with E-state index in [4.69, 9.17) is 5.26 Å². The van der Waals surface area contributed by atoms with Crippen LogP contribution in [0, 0.1) is 17.1 Å². The molecule has 2 atom stereocenters. The highest BCUT2D eigenvalue weighted by Gasteiger charge is 2.25. The number of nitriles is 1. The van der Waals surface area contributed by atoms with Gasteiger partial charge in [0, 0.05) is 24.1 Å². The lowest BCUT2D eigenvalue weighted by molar-refractivity contribution is 0.0975. The maximum Gasteiger partial charge on any atom is 0.257 e. The van der Waals surface area contributed by atoms with Crippen molar-refractivity contribution in [3.8, 4) is 6.07 Å². The summed E-state index contributed by atoms with van der Waals surface area (Å²) in [7, 11) is 0. The fraction of sp³-hybridized carbons (Fsp3) is 0.286. The van der Waals surface area contributed by atoms with Gasteiger partial charge in [0.1, 0.15) is 12.0 Å². The number of aliphatic imine (C=N–C) groups is 1. The summed E-state index contributed by atoms with van der Waals surface area (Å²) < 4.78 is 13.1. The van der Waals surface area contributed by atoms with Gasteiger partial charge in [0.25, 0.3) is 5.91 Å². The first-order chi connectivity index (χ1) is 13.9. The van der Waals surface area contributed by atoms with Crippen molar-refractivity contribution in [2.75, 3.05) is 0 Å². The van der Waals surface area contributed by atoms with Gasteiger partial charge < -0.3 is 5.32 Å². The molecule has 150 valence electrons. The first-order valence-electron chi connectivity index (χ1n) is 9.37. The zero-order chi connectivity index (χ0) is 20.8. The molecule has 2 aromatic rings. The zero-order valence-corrected chi connectivity index (χ0v) is 16.2. The van der Waals surface area contributed by atoms with Crippen LogP contribution < -0.4 is 21.5 Å². The number of hydrogen-bond donors (Lipinski definition) is 4. The van der Waals surface area contributed by atoms with Crippen LogP contribution in [0.3, 0.4) is 0 Å². The Morgan fingerprint density at radius 1 is 1.24 bits per heavy atom. The number of amides is 1. The minimum absolute atomic E-state index is 0.0207. The molecule has 1 aliphatic heterocycles. The van der Waals surface area contributed by atoms with Gasteiger partial charge in [-0.25, -0.2) is 20.2 Å². The van der Waals surface area contributed by atoms with Gasteiger partial charge in [0.15, 0.2) is 5.96 Å². The van der Waals surface area contributed by atoms with Crippen LogP contribution in [-0.4, -0.2) is 24.1 Å². The SMILES string of the molecule is CC(C)NC(=NC1CC(c2ccc(F)cc2)NN1)NC(=O)c1cccc(C#N)c1. The largest absolute Gasteiger partial charge is 0.354 e. The van der Waals surface area contributed by atoms with Gasteiger partial charge >= 0.3 is 0 Å². The third-order valence-corrected chi connectivity index (χ3v) is 4.35. The first kappa shape index (κ1) is 20.5. The highest BCUT2D eigenvalue weighted by Crippen LogP contribution is 2.22. The lowest BCUT2D eigenvalue weighted by Gasteiger charge is -2.16. The van der Waals surface area contributed by atoms with E-state index in [0.717, 1.165) is 5.56 Å². The lowest BCUT2D eigenvalue weighted by Crippen LogP contribution is -2.45. The fourth-order valence-electron chi connectivity index (χ4n) is 2.98. The number of nitrogens with one attached hydrogen (secondary N) is 4. The molecule has 1 fully saturated rings. The van der Waals surface area contributed by atoms with Crippen molar-refractivity contribution in [2.24, 2.45) is 4.99 Å². The molecule has 0 aromatic heterocycles. The number of rotatable bonds is 4. The van der Waals surface area contributed by atoms with Crippen molar-refractivity contribution in [2.45, 2.75) is 38.5 Å². The Bertz CT molecular complexity index is 935. The zero-order valence-electron chi connectivity index (χ0n) is 16.2. The molecular weight excluding hydrogens is 371 g/mol. The van der Waals surface area contributed by atoms with Crippen LogP contribution in [-0.2, 0) is 0 Å². The number of nitrogens with zero attached hydrogens (tertiary/aromatic N) is 2. The van der Waals surface area contributed by atoms with E-state index in [1.807, 2.05) is 19.9 Å². The second-order valence-electron chi connectivity index (χ2n) is 7.07. The molecule has 7 nitrogen and oxygen atoms in total.